The lowest BCUT2D eigenvalue weighted by Crippen LogP contribution is -2.41. The summed E-state index contributed by atoms with van der Waals surface area (Å²) in [6, 6.07) is 2.44. The molecular formula is C15H18N6OS. The zero-order chi connectivity index (χ0) is 15.5. The average Bonchev–Trinajstić information content (AvgIpc) is 3.31. The Morgan fingerprint density at radius 3 is 3.17 bits per heavy atom. The van der Waals surface area contributed by atoms with Crippen molar-refractivity contribution in [3.8, 4) is 11.4 Å². The standard InChI is InChI=1S/C15H18N6OS/c1-2-5-20(13(3-1)7-21-11-16-10-17-21)8-14-18-15(19-22-14)12-4-6-23-9-12/h4,6,9-11,13H,1-3,5,7-8H2/t13-/m0/s1. The van der Waals surface area contributed by atoms with Gasteiger partial charge in [-0.05, 0) is 30.8 Å². The average molecular weight is 330 g/mol. The molecule has 0 amide bonds. The molecule has 4 heterocycles. The van der Waals surface area contributed by atoms with Gasteiger partial charge < -0.3 is 4.52 Å². The lowest BCUT2D eigenvalue weighted by Gasteiger charge is -2.34. The minimum absolute atomic E-state index is 0.432. The highest BCUT2D eigenvalue weighted by molar-refractivity contribution is 7.08. The van der Waals surface area contributed by atoms with Crippen molar-refractivity contribution in [2.75, 3.05) is 6.54 Å². The van der Waals surface area contributed by atoms with Crippen LogP contribution < -0.4 is 0 Å². The largest absolute Gasteiger partial charge is 0.338 e. The van der Waals surface area contributed by atoms with E-state index in [1.54, 1.807) is 24.0 Å². The van der Waals surface area contributed by atoms with Gasteiger partial charge in [-0.1, -0.05) is 11.6 Å². The maximum absolute atomic E-state index is 5.44. The first-order chi connectivity index (χ1) is 11.4. The molecular weight excluding hydrogens is 312 g/mol. The van der Waals surface area contributed by atoms with Crippen LogP contribution in [0.25, 0.3) is 11.4 Å². The third kappa shape index (κ3) is 3.32. The van der Waals surface area contributed by atoms with E-state index < -0.39 is 0 Å². The molecule has 0 aliphatic carbocycles. The van der Waals surface area contributed by atoms with E-state index in [0.29, 0.717) is 24.3 Å². The molecule has 1 saturated heterocycles. The van der Waals surface area contributed by atoms with E-state index in [4.69, 9.17) is 4.52 Å². The normalized spacial score (nSPS) is 19.2. The van der Waals surface area contributed by atoms with E-state index in [0.717, 1.165) is 25.1 Å². The number of aromatic nitrogens is 5. The highest BCUT2D eigenvalue weighted by atomic mass is 32.1. The van der Waals surface area contributed by atoms with E-state index in [2.05, 4.69) is 25.1 Å². The van der Waals surface area contributed by atoms with Crippen molar-refractivity contribution >= 4 is 11.3 Å². The second kappa shape index (κ2) is 6.59. The molecule has 7 nitrogen and oxygen atoms in total. The zero-order valence-electron chi connectivity index (χ0n) is 12.7. The first-order valence-electron chi connectivity index (χ1n) is 7.80. The van der Waals surface area contributed by atoms with E-state index in [1.165, 1.54) is 12.8 Å². The number of piperidine rings is 1. The van der Waals surface area contributed by atoms with Crippen LogP contribution >= 0.6 is 11.3 Å². The van der Waals surface area contributed by atoms with Crippen LogP contribution in [0.15, 0.2) is 34.0 Å². The maximum atomic E-state index is 5.44. The maximum Gasteiger partial charge on any atom is 0.241 e. The number of nitrogens with zero attached hydrogens (tertiary/aromatic N) is 6. The van der Waals surface area contributed by atoms with Crippen molar-refractivity contribution in [1.82, 2.24) is 29.8 Å². The number of likely N-dealkylation sites (tertiary alicyclic amines) is 1. The van der Waals surface area contributed by atoms with Gasteiger partial charge in [0.25, 0.3) is 0 Å². The van der Waals surface area contributed by atoms with Crippen LogP contribution in [-0.4, -0.2) is 42.4 Å². The topological polar surface area (TPSA) is 72.9 Å². The molecule has 0 N–H and O–H groups in total. The number of thiophene rings is 1. The van der Waals surface area contributed by atoms with E-state index in [-0.39, 0.29) is 0 Å². The highest BCUT2D eigenvalue weighted by Crippen LogP contribution is 2.22. The molecule has 1 fully saturated rings. The lowest BCUT2D eigenvalue weighted by atomic mass is 10.0. The molecule has 0 radical (unpaired) electrons. The number of hydrogen-bond acceptors (Lipinski definition) is 7. The Morgan fingerprint density at radius 1 is 1.35 bits per heavy atom. The van der Waals surface area contributed by atoms with Crippen LogP contribution in [0, 0.1) is 0 Å². The molecule has 4 rings (SSSR count). The molecule has 0 bridgehead atoms. The second-order valence-corrected chi connectivity index (χ2v) is 6.54. The minimum Gasteiger partial charge on any atom is -0.338 e. The third-order valence-electron chi connectivity index (χ3n) is 4.20. The fourth-order valence-electron chi connectivity index (χ4n) is 3.02. The quantitative estimate of drug-likeness (QED) is 0.715. The molecule has 0 unspecified atom stereocenters. The van der Waals surface area contributed by atoms with Gasteiger partial charge in [-0.2, -0.15) is 21.4 Å². The highest BCUT2D eigenvalue weighted by Gasteiger charge is 2.25. The Morgan fingerprint density at radius 2 is 2.35 bits per heavy atom. The Labute approximate surface area is 138 Å². The molecule has 3 aromatic rings. The van der Waals surface area contributed by atoms with Crippen molar-refractivity contribution in [3.63, 3.8) is 0 Å². The summed E-state index contributed by atoms with van der Waals surface area (Å²) in [5, 5.41) is 12.4. The number of hydrogen-bond donors (Lipinski definition) is 0. The van der Waals surface area contributed by atoms with Gasteiger partial charge in [0.05, 0.1) is 13.1 Å². The van der Waals surface area contributed by atoms with E-state index in [9.17, 15) is 0 Å². The zero-order valence-corrected chi connectivity index (χ0v) is 13.5. The first kappa shape index (κ1) is 14.5. The molecule has 120 valence electrons. The van der Waals surface area contributed by atoms with Crippen LogP contribution in [0.2, 0.25) is 0 Å². The van der Waals surface area contributed by atoms with Crippen LogP contribution in [0.3, 0.4) is 0 Å². The minimum atomic E-state index is 0.432. The summed E-state index contributed by atoms with van der Waals surface area (Å²) < 4.78 is 7.34. The summed E-state index contributed by atoms with van der Waals surface area (Å²) >= 11 is 1.63. The molecule has 0 saturated carbocycles. The smallest absolute Gasteiger partial charge is 0.241 e. The Hall–Kier alpha value is -2.06. The molecule has 0 spiro atoms. The second-order valence-electron chi connectivity index (χ2n) is 5.76. The molecule has 23 heavy (non-hydrogen) atoms. The van der Waals surface area contributed by atoms with Crippen LogP contribution in [0.5, 0.6) is 0 Å². The van der Waals surface area contributed by atoms with Gasteiger partial charge in [-0.15, -0.1) is 0 Å². The summed E-state index contributed by atoms with van der Waals surface area (Å²) in [5.41, 5.74) is 1.02. The lowest BCUT2D eigenvalue weighted by molar-refractivity contribution is 0.108. The van der Waals surface area contributed by atoms with Crippen molar-refractivity contribution in [1.29, 1.82) is 0 Å². The summed E-state index contributed by atoms with van der Waals surface area (Å²) in [4.78, 5) is 11.0. The Kier molecular flexibility index (Phi) is 4.16. The predicted octanol–water partition coefficient (Wildman–Crippen LogP) is 2.44. The van der Waals surface area contributed by atoms with Gasteiger partial charge in [-0.25, -0.2) is 4.98 Å². The van der Waals surface area contributed by atoms with Gasteiger partial charge in [-0.3, -0.25) is 9.58 Å². The summed E-state index contributed by atoms with van der Waals surface area (Å²) in [6.45, 7) is 2.59. The predicted molar refractivity (Wildman–Crippen MR) is 85.7 cm³/mol. The molecule has 1 atom stereocenters. The first-order valence-corrected chi connectivity index (χ1v) is 8.74. The van der Waals surface area contributed by atoms with E-state index in [1.807, 2.05) is 21.5 Å². The SMILES string of the molecule is c1ncn(C[C@@H]2CCCCN2Cc2nc(-c3ccsc3)no2)n1. The molecule has 8 heteroatoms. The van der Waals surface area contributed by atoms with Gasteiger partial charge in [0, 0.05) is 17.0 Å². The monoisotopic (exact) mass is 330 g/mol. The fourth-order valence-corrected chi connectivity index (χ4v) is 3.65. The third-order valence-corrected chi connectivity index (χ3v) is 4.88. The summed E-state index contributed by atoms with van der Waals surface area (Å²) in [7, 11) is 0. The summed E-state index contributed by atoms with van der Waals surface area (Å²) in [5.74, 6) is 1.35. The van der Waals surface area contributed by atoms with Gasteiger partial charge in [0.1, 0.15) is 12.7 Å². The Balaban J connectivity index is 1.45. The van der Waals surface area contributed by atoms with Crippen molar-refractivity contribution < 1.29 is 4.52 Å². The molecule has 1 aliphatic heterocycles. The summed E-state index contributed by atoms with van der Waals surface area (Å²) in [6.07, 6.45) is 6.97. The van der Waals surface area contributed by atoms with Crippen LogP contribution in [0.4, 0.5) is 0 Å². The molecule has 1 aliphatic rings. The molecule has 0 aromatic carbocycles. The van der Waals surface area contributed by atoms with Gasteiger partial charge >= 0.3 is 0 Å². The van der Waals surface area contributed by atoms with Crippen LogP contribution in [-0.2, 0) is 13.1 Å². The van der Waals surface area contributed by atoms with Crippen molar-refractivity contribution in [2.24, 2.45) is 0 Å². The van der Waals surface area contributed by atoms with Crippen molar-refractivity contribution in [3.05, 3.63) is 35.4 Å². The van der Waals surface area contributed by atoms with Gasteiger partial charge in [0.2, 0.25) is 11.7 Å². The molecule has 3 aromatic heterocycles. The Bertz CT molecular complexity index is 723. The van der Waals surface area contributed by atoms with Gasteiger partial charge in [0.15, 0.2) is 0 Å². The number of rotatable bonds is 5. The fraction of sp³-hybridized carbons (Fsp3) is 0.467. The van der Waals surface area contributed by atoms with Crippen LogP contribution in [0.1, 0.15) is 25.2 Å². The van der Waals surface area contributed by atoms with Crippen molar-refractivity contribution in [2.45, 2.75) is 38.4 Å². The van der Waals surface area contributed by atoms with E-state index >= 15 is 0 Å².